The molecular formula is C19H22F2N4O4. The van der Waals surface area contributed by atoms with E-state index in [9.17, 15) is 19.1 Å². The van der Waals surface area contributed by atoms with Gasteiger partial charge in [-0.2, -0.15) is 0 Å². The zero-order chi connectivity index (χ0) is 21.3. The molecule has 1 aromatic carbocycles. The molecule has 2 heterocycles. The molecule has 8 nitrogen and oxygen atoms in total. The quantitative estimate of drug-likeness (QED) is 0.730. The Morgan fingerprint density at radius 3 is 2.76 bits per heavy atom. The molecule has 1 aliphatic heterocycles. The van der Waals surface area contributed by atoms with Crippen LogP contribution in [0.5, 0.6) is 0 Å². The van der Waals surface area contributed by atoms with Gasteiger partial charge in [0.2, 0.25) is 5.43 Å². The van der Waals surface area contributed by atoms with Crippen molar-refractivity contribution < 1.29 is 23.5 Å². The van der Waals surface area contributed by atoms with Crippen molar-refractivity contribution in [3.8, 4) is 0 Å². The zero-order valence-electron chi connectivity index (χ0n) is 16.1. The SMILES string of the molecule is CCn1cc(C(=O)O)c(=O)c2cc(F)c(N3CC/C(=N\OC)C(CN)C3)c(F)c21. The summed E-state index contributed by atoms with van der Waals surface area (Å²) >= 11 is 0. The normalized spacial score (nSPS) is 18.4. The first-order valence-electron chi connectivity index (χ1n) is 9.17. The Morgan fingerprint density at radius 1 is 1.45 bits per heavy atom. The largest absolute Gasteiger partial charge is 0.477 e. The molecule has 1 fully saturated rings. The lowest BCUT2D eigenvalue weighted by atomic mass is 9.95. The summed E-state index contributed by atoms with van der Waals surface area (Å²) in [5, 5.41) is 12.9. The minimum absolute atomic E-state index is 0.125. The van der Waals surface area contributed by atoms with E-state index in [1.165, 1.54) is 16.6 Å². The molecule has 1 unspecified atom stereocenters. The Kier molecular flexibility index (Phi) is 5.83. The van der Waals surface area contributed by atoms with Gasteiger partial charge in [-0.25, -0.2) is 13.6 Å². The molecule has 2 aromatic rings. The molecule has 1 atom stereocenters. The van der Waals surface area contributed by atoms with Gasteiger partial charge < -0.3 is 25.1 Å². The van der Waals surface area contributed by atoms with Crippen LogP contribution in [0.3, 0.4) is 0 Å². The Hall–Kier alpha value is -3.01. The van der Waals surface area contributed by atoms with Gasteiger partial charge in [-0.05, 0) is 13.0 Å². The average Bonchev–Trinajstić information content (AvgIpc) is 2.69. The number of nitrogens with zero attached hydrogens (tertiary/aromatic N) is 3. The van der Waals surface area contributed by atoms with Crippen LogP contribution in [0, 0.1) is 17.6 Å². The maximum atomic E-state index is 15.5. The molecule has 1 aromatic heterocycles. The number of fused-ring (bicyclic) bond motifs is 1. The molecule has 29 heavy (non-hydrogen) atoms. The van der Waals surface area contributed by atoms with E-state index in [0.29, 0.717) is 13.0 Å². The number of carboxylic acid groups (broad SMARTS) is 1. The molecular weight excluding hydrogens is 386 g/mol. The number of aromatic nitrogens is 1. The first-order chi connectivity index (χ1) is 13.8. The van der Waals surface area contributed by atoms with Crippen molar-refractivity contribution in [1.29, 1.82) is 0 Å². The average molecular weight is 408 g/mol. The van der Waals surface area contributed by atoms with Gasteiger partial charge in [-0.3, -0.25) is 4.79 Å². The van der Waals surface area contributed by atoms with Crippen molar-refractivity contribution in [2.45, 2.75) is 19.9 Å². The van der Waals surface area contributed by atoms with Crippen LogP contribution in [-0.2, 0) is 11.4 Å². The second-order valence-electron chi connectivity index (χ2n) is 6.77. The van der Waals surface area contributed by atoms with Crippen LogP contribution in [0.25, 0.3) is 10.9 Å². The number of rotatable bonds is 5. The number of piperidine rings is 1. The fraction of sp³-hybridized carbons (Fsp3) is 0.421. The molecule has 1 aliphatic rings. The van der Waals surface area contributed by atoms with E-state index < -0.39 is 28.6 Å². The number of aromatic carboxylic acids is 1. The number of nitrogens with two attached hydrogens (primary N) is 1. The molecule has 0 amide bonds. The molecule has 0 saturated carbocycles. The topological polar surface area (TPSA) is 110 Å². The number of pyridine rings is 1. The summed E-state index contributed by atoms with van der Waals surface area (Å²) in [5.74, 6) is -3.52. The van der Waals surface area contributed by atoms with E-state index in [1.807, 2.05) is 0 Å². The molecule has 0 radical (unpaired) electrons. The van der Waals surface area contributed by atoms with Crippen molar-refractivity contribution in [3.05, 3.63) is 39.7 Å². The third-order valence-corrected chi connectivity index (χ3v) is 5.16. The van der Waals surface area contributed by atoms with E-state index in [1.54, 1.807) is 6.92 Å². The van der Waals surface area contributed by atoms with E-state index >= 15 is 4.39 Å². The Morgan fingerprint density at radius 2 is 2.17 bits per heavy atom. The zero-order valence-corrected chi connectivity index (χ0v) is 16.1. The highest BCUT2D eigenvalue weighted by atomic mass is 19.1. The second kappa shape index (κ2) is 8.16. The highest BCUT2D eigenvalue weighted by Crippen LogP contribution is 2.32. The number of carboxylic acids is 1. The molecule has 156 valence electrons. The Labute approximate surface area is 165 Å². The van der Waals surface area contributed by atoms with Gasteiger partial charge in [0.1, 0.15) is 24.2 Å². The van der Waals surface area contributed by atoms with Crippen molar-refractivity contribution in [2.24, 2.45) is 16.8 Å². The Bertz CT molecular complexity index is 1050. The lowest BCUT2D eigenvalue weighted by molar-refractivity contribution is 0.0695. The number of halogens is 2. The minimum Gasteiger partial charge on any atom is -0.477 e. The van der Waals surface area contributed by atoms with Crippen LogP contribution in [0.1, 0.15) is 23.7 Å². The van der Waals surface area contributed by atoms with Gasteiger partial charge in [-0.1, -0.05) is 5.16 Å². The van der Waals surface area contributed by atoms with Crippen LogP contribution in [0.4, 0.5) is 14.5 Å². The lowest BCUT2D eigenvalue weighted by Gasteiger charge is -2.35. The van der Waals surface area contributed by atoms with Gasteiger partial charge >= 0.3 is 5.97 Å². The monoisotopic (exact) mass is 408 g/mol. The van der Waals surface area contributed by atoms with Crippen LogP contribution in [0.15, 0.2) is 22.2 Å². The number of anilines is 1. The van der Waals surface area contributed by atoms with Crippen LogP contribution < -0.4 is 16.1 Å². The van der Waals surface area contributed by atoms with Gasteiger partial charge in [0.05, 0.1) is 16.6 Å². The third-order valence-electron chi connectivity index (χ3n) is 5.16. The second-order valence-corrected chi connectivity index (χ2v) is 6.77. The van der Waals surface area contributed by atoms with E-state index in [0.717, 1.165) is 18.0 Å². The van der Waals surface area contributed by atoms with Crippen LogP contribution in [-0.4, -0.2) is 48.1 Å². The van der Waals surface area contributed by atoms with Crippen LogP contribution >= 0.6 is 0 Å². The standard InChI is InChI=1S/C19H22F2N4O4/c1-3-24-9-12(19(27)28)18(26)11-6-13(20)17(15(21)16(11)24)25-5-4-14(23-29-2)10(7-22)8-25/h6,9-10H,3-5,7-8,22H2,1-2H3,(H,27,28)/b23-14+. The fourth-order valence-electron chi connectivity index (χ4n) is 3.74. The first kappa shape index (κ1) is 20.7. The molecule has 0 aliphatic carbocycles. The highest BCUT2D eigenvalue weighted by molar-refractivity contribution is 5.94. The van der Waals surface area contributed by atoms with Gasteiger partial charge in [0.15, 0.2) is 5.82 Å². The fourth-order valence-corrected chi connectivity index (χ4v) is 3.74. The highest BCUT2D eigenvalue weighted by Gasteiger charge is 2.30. The summed E-state index contributed by atoms with van der Waals surface area (Å²) < 4.78 is 31.7. The van der Waals surface area contributed by atoms with E-state index in [2.05, 4.69) is 5.16 Å². The number of hydrogen-bond donors (Lipinski definition) is 2. The minimum atomic E-state index is -1.45. The summed E-state index contributed by atoms with van der Waals surface area (Å²) in [4.78, 5) is 30.1. The molecule has 0 bridgehead atoms. The lowest BCUT2D eigenvalue weighted by Crippen LogP contribution is -2.44. The molecule has 10 heteroatoms. The number of benzene rings is 1. The predicted octanol–water partition coefficient (Wildman–Crippen LogP) is 1.79. The molecule has 3 N–H and O–H groups in total. The molecule has 0 spiro atoms. The summed E-state index contributed by atoms with van der Waals surface area (Å²) in [6, 6.07) is 0.908. The van der Waals surface area contributed by atoms with Gasteiger partial charge in [-0.15, -0.1) is 0 Å². The van der Waals surface area contributed by atoms with Crippen molar-refractivity contribution >= 4 is 28.3 Å². The summed E-state index contributed by atoms with van der Waals surface area (Å²) in [7, 11) is 1.42. The summed E-state index contributed by atoms with van der Waals surface area (Å²) in [6.07, 6.45) is 1.51. The Balaban J connectivity index is 2.18. The van der Waals surface area contributed by atoms with Gasteiger partial charge in [0.25, 0.3) is 0 Å². The molecule has 3 rings (SSSR count). The number of oxime groups is 1. The molecule has 1 saturated heterocycles. The third kappa shape index (κ3) is 3.55. The van der Waals surface area contributed by atoms with Gasteiger partial charge in [0, 0.05) is 44.7 Å². The van der Waals surface area contributed by atoms with E-state index in [4.69, 9.17) is 10.6 Å². The summed E-state index contributed by atoms with van der Waals surface area (Å²) in [5.41, 5.74) is 4.67. The maximum absolute atomic E-state index is 15.5. The first-order valence-corrected chi connectivity index (χ1v) is 9.17. The summed E-state index contributed by atoms with van der Waals surface area (Å²) in [6.45, 7) is 2.65. The van der Waals surface area contributed by atoms with Crippen molar-refractivity contribution in [3.63, 3.8) is 0 Å². The number of hydrogen-bond acceptors (Lipinski definition) is 6. The number of carbonyl (C=O) groups is 1. The smallest absolute Gasteiger partial charge is 0.341 e. The maximum Gasteiger partial charge on any atom is 0.341 e. The number of aryl methyl sites for hydroxylation is 1. The van der Waals surface area contributed by atoms with E-state index in [-0.39, 0.29) is 42.1 Å². The van der Waals surface area contributed by atoms with Crippen LogP contribution in [0.2, 0.25) is 0 Å². The predicted molar refractivity (Wildman–Crippen MR) is 105 cm³/mol. The van der Waals surface area contributed by atoms with Crippen molar-refractivity contribution in [2.75, 3.05) is 31.6 Å². The van der Waals surface area contributed by atoms with Crippen molar-refractivity contribution in [1.82, 2.24) is 4.57 Å².